The van der Waals surface area contributed by atoms with Gasteiger partial charge in [0.05, 0.1) is 4.90 Å². The topological polar surface area (TPSA) is 75.3 Å². The van der Waals surface area contributed by atoms with E-state index in [0.717, 1.165) is 18.8 Å². The number of hydrogen-bond donors (Lipinski definition) is 2. The first-order valence-electron chi connectivity index (χ1n) is 13.0. The van der Waals surface area contributed by atoms with Gasteiger partial charge in [0.2, 0.25) is 10.0 Å². The minimum Gasteiger partial charge on any atom is -0.352 e. The molecule has 4 bridgehead atoms. The number of sulfonamides is 1. The number of fused-ring (bicyclic) bond motifs is 4. The van der Waals surface area contributed by atoms with Crippen molar-refractivity contribution >= 4 is 31.9 Å². The Hall–Kier alpha value is -0.920. The van der Waals surface area contributed by atoms with Crippen molar-refractivity contribution in [3.8, 4) is 0 Å². The summed E-state index contributed by atoms with van der Waals surface area (Å²) in [5.74, 6) is 3.63. The molecule has 1 aromatic carbocycles. The average molecular weight is 552 g/mol. The second-order valence-corrected chi connectivity index (χ2v) is 15.3. The molecule has 7 rings (SSSR count). The smallest absolute Gasteiger partial charge is 0.251 e. The van der Waals surface area contributed by atoms with E-state index in [2.05, 4.69) is 53.7 Å². The molecular weight excluding hydrogens is 512 g/mol. The number of halogens is 1. The second-order valence-electron chi connectivity index (χ2n) is 12.7. The average Bonchev–Trinajstić information content (AvgIpc) is 2.81. The van der Waals surface area contributed by atoms with Gasteiger partial charge >= 0.3 is 0 Å². The Bertz CT molecular complexity index is 1070. The molecule has 0 aromatic heterocycles. The molecule has 1 aromatic rings. The Kier molecular flexibility index (Phi) is 6.25. The summed E-state index contributed by atoms with van der Waals surface area (Å²) >= 11 is 3.39. The van der Waals surface area contributed by atoms with Crippen molar-refractivity contribution in [2.24, 2.45) is 46.3 Å². The highest BCUT2D eigenvalue weighted by Crippen LogP contribution is 2.61. The van der Waals surface area contributed by atoms with E-state index in [0.29, 0.717) is 63.5 Å². The number of carbonyl (C=O) groups is 1. The molecule has 0 radical (unpaired) electrons. The lowest BCUT2D eigenvalue weighted by atomic mass is 9.45. The van der Waals surface area contributed by atoms with Gasteiger partial charge in [-0.2, -0.15) is 0 Å². The minimum atomic E-state index is -3.71. The normalized spacial score (nSPS) is 35.1. The maximum absolute atomic E-state index is 13.1. The van der Waals surface area contributed by atoms with Crippen LogP contribution in [0.5, 0.6) is 0 Å². The molecule has 0 aliphatic heterocycles. The van der Waals surface area contributed by atoms with Crippen molar-refractivity contribution in [1.82, 2.24) is 10.0 Å². The molecule has 6 saturated carbocycles. The summed E-state index contributed by atoms with van der Waals surface area (Å²) in [5, 5.41) is 3.09. The van der Waals surface area contributed by atoms with E-state index in [1.165, 1.54) is 31.7 Å². The van der Waals surface area contributed by atoms with Gasteiger partial charge in [-0.25, -0.2) is 13.1 Å². The van der Waals surface area contributed by atoms with E-state index in [1.54, 1.807) is 12.1 Å². The van der Waals surface area contributed by atoms with Crippen LogP contribution in [0, 0.1) is 46.3 Å². The molecule has 6 fully saturated rings. The van der Waals surface area contributed by atoms with Crippen molar-refractivity contribution < 1.29 is 13.2 Å². The predicted octanol–water partition coefficient (Wildman–Crippen LogP) is 5.60. The summed E-state index contributed by atoms with van der Waals surface area (Å²) in [7, 11) is -3.71. The summed E-state index contributed by atoms with van der Waals surface area (Å²) in [5.41, 5.74) is 1.19. The van der Waals surface area contributed by atoms with E-state index >= 15 is 0 Å². The highest BCUT2D eigenvalue weighted by atomic mass is 79.9. The lowest BCUT2D eigenvalue weighted by molar-refractivity contribution is -0.103. The third kappa shape index (κ3) is 4.17. The van der Waals surface area contributed by atoms with Crippen molar-refractivity contribution in [3.63, 3.8) is 0 Å². The molecule has 0 spiro atoms. The monoisotopic (exact) mass is 550 g/mol. The zero-order valence-electron chi connectivity index (χ0n) is 20.9. The van der Waals surface area contributed by atoms with Gasteiger partial charge in [0.1, 0.15) is 0 Å². The lowest BCUT2D eigenvalue weighted by Crippen LogP contribution is -2.54. The van der Waals surface area contributed by atoms with Gasteiger partial charge in [-0.1, -0.05) is 27.7 Å². The van der Waals surface area contributed by atoms with Crippen molar-refractivity contribution in [1.29, 1.82) is 0 Å². The van der Waals surface area contributed by atoms with Crippen LogP contribution in [0.2, 0.25) is 0 Å². The maximum Gasteiger partial charge on any atom is 0.251 e. The van der Waals surface area contributed by atoms with Gasteiger partial charge in [0, 0.05) is 23.1 Å². The van der Waals surface area contributed by atoms with E-state index in [4.69, 9.17) is 0 Å². The van der Waals surface area contributed by atoms with Crippen molar-refractivity contribution in [3.05, 3.63) is 28.2 Å². The Balaban J connectivity index is 1.20. The van der Waals surface area contributed by atoms with Gasteiger partial charge in [0.25, 0.3) is 5.91 Å². The summed E-state index contributed by atoms with van der Waals surface area (Å²) in [6, 6.07) is 4.87. The predicted molar refractivity (Wildman–Crippen MR) is 138 cm³/mol. The fourth-order valence-corrected chi connectivity index (χ4v) is 9.78. The largest absolute Gasteiger partial charge is 0.352 e. The molecule has 0 heterocycles. The molecule has 0 saturated heterocycles. The van der Waals surface area contributed by atoms with E-state index < -0.39 is 10.0 Å². The molecule has 188 valence electrons. The first-order chi connectivity index (χ1) is 15.9. The summed E-state index contributed by atoms with van der Waals surface area (Å²) in [6.45, 7) is 10.5. The number of benzene rings is 1. The van der Waals surface area contributed by atoms with Crippen LogP contribution in [0.15, 0.2) is 27.6 Å². The lowest BCUT2D eigenvalue weighted by Gasteiger charge is -2.60. The van der Waals surface area contributed by atoms with E-state index in [9.17, 15) is 13.2 Å². The zero-order chi connectivity index (χ0) is 24.5. The minimum absolute atomic E-state index is 0.141. The van der Waals surface area contributed by atoms with Gasteiger partial charge < -0.3 is 5.32 Å². The number of nitrogens with one attached hydrogen (secondary N) is 2. The molecule has 1 unspecified atom stereocenters. The number of hydrogen-bond acceptors (Lipinski definition) is 3. The fraction of sp³-hybridized carbons (Fsp3) is 0.741. The van der Waals surface area contributed by atoms with Crippen LogP contribution in [-0.2, 0) is 10.0 Å². The van der Waals surface area contributed by atoms with Gasteiger partial charge in [-0.05, 0) is 119 Å². The Morgan fingerprint density at radius 3 is 2.29 bits per heavy atom. The van der Waals surface area contributed by atoms with Crippen LogP contribution >= 0.6 is 15.9 Å². The summed E-state index contributed by atoms with van der Waals surface area (Å²) in [4.78, 5) is 13.1. The van der Waals surface area contributed by atoms with Crippen molar-refractivity contribution in [2.75, 3.05) is 13.1 Å². The van der Waals surface area contributed by atoms with Gasteiger partial charge in [0.15, 0.2) is 0 Å². The Morgan fingerprint density at radius 2 is 1.68 bits per heavy atom. The van der Waals surface area contributed by atoms with Crippen LogP contribution in [-0.4, -0.2) is 27.4 Å². The highest BCUT2D eigenvalue weighted by Gasteiger charge is 2.54. The molecule has 6 aliphatic rings. The van der Waals surface area contributed by atoms with Gasteiger partial charge in [-0.15, -0.1) is 0 Å². The quantitative estimate of drug-likeness (QED) is 0.463. The van der Waals surface area contributed by atoms with Crippen molar-refractivity contribution in [2.45, 2.75) is 71.1 Å². The molecule has 6 aliphatic carbocycles. The van der Waals surface area contributed by atoms with Crippen LogP contribution in [0.3, 0.4) is 0 Å². The molecular formula is C27H39BrN2O3S. The number of carbonyl (C=O) groups excluding carboxylic acids is 1. The highest BCUT2D eigenvalue weighted by molar-refractivity contribution is 9.10. The second kappa shape index (κ2) is 8.58. The fourth-order valence-electron chi connectivity index (χ4n) is 7.68. The summed E-state index contributed by atoms with van der Waals surface area (Å²) in [6.07, 6.45) is 7.17. The van der Waals surface area contributed by atoms with Gasteiger partial charge in [-0.3, -0.25) is 4.79 Å². The van der Waals surface area contributed by atoms with E-state index in [-0.39, 0.29) is 10.8 Å². The van der Waals surface area contributed by atoms with Crippen LogP contribution < -0.4 is 10.0 Å². The first-order valence-corrected chi connectivity index (χ1v) is 15.2. The third-order valence-corrected chi connectivity index (χ3v) is 12.9. The van der Waals surface area contributed by atoms with E-state index in [1.807, 2.05) is 0 Å². The standard InChI is InChI=1S/C27H39BrN2O3S/c1-26(2)20-9-16(10-21(26)12-20)14-30-34(32,33)24-11-17(6-8-23(24)28)25(31)29-15-18-5-7-19-13-22(18)27(19,3)4/h6,8,11,16,18-22,30H,5,7,9-10,12-15H2,1-4H3,(H,29,31)/t16?,18-,19-,20-,21+,22-/m0/s1. The molecule has 1 amide bonds. The molecule has 34 heavy (non-hydrogen) atoms. The molecule has 2 N–H and O–H groups in total. The maximum atomic E-state index is 13.1. The summed E-state index contributed by atoms with van der Waals surface area (Å²) < 4.78 is 29.6. The zero-order valence-corrected chi connectivity index (χ0v) is 23.3. The SMILES string of the molecule is CC1(C)[C@@H]2CC(CNS(=O)(=O)c3cc(C(=O)NC[C@@H]4CC[C@H]5C[C@@H]4C5(C)C)ccc3Br)C[C@H]1C2. The molecule has 6 atom stereocenters. The first kappa shape index (κ1) is 24.8. The molecule has 7 heteroatoms. The van der Waals surface area contributed by atoms with Crippen LogP contribution in [0.4, 0.5) is 0 Å². The third-order valence-electron chi connectivity index (χ3n) is 10.5. The number of amides is 1. The van der Waals surface area contributed by atoms with Crippen LogP contribution in [0.1, 0.15) is 76.6 Å². The Labute approximate surface area is 213 Å². The Morgan fingerprint density at radius 1 is 0.971 bits per heavy atom. The molecule has 5 nitrogen and oxygen atoms in total. The number of rotatable bonds is 7. The van der Waals surface area contributed by atoms with Crippen LogP contribution in [0.25, 0.3) is 0 Å².